The number of amides is 2. The average molecular weight is 493 g/mol. The predicted octanol–water partition coefficient (Wildman–Crippen LogP) is 6.22. The molecule has 2 atom stereocenters. The van der Waals surface area contributed by atoms with E-state index >= 15 is 0 Å². The first-order valence-electron chi connectivity index (χ1n) is 11.4. The second-order valence-electron chi connectivity index (χ2n) is 8.48. The number of ether oxygens (including phenoxy) is 1. The van der Waals surface area contributed by atoms with Gasteiger partial charge < -0.3 is 15.0 Å². The Kier molecular flexibility index (Phi) is 10.5. The molecule has 0 heterocycles. The van der Waals surface area contributed by atoms with Gasteiger partial charge in [0.1, 0.15) is 11.8 Å². The molecular formula is C26H34Cl2N2O3. The second kappa shape index (κ2) is 12.9. The third-order valence-corrected chi connectivity index (χ3v) is 6.39. The van der Waals surface area contributed by atoms with Crippen LogP contribution in [0.1, 0.15) is 64.5 Å². The van der Waals surface area contributed by atoms with Crippen LogP contribution in [0.2, 0.25) is 10.0 Å². The summed E-state index contributed by atoms with van der Waals surface area (Å²) in [5.74, 6) is 0.487. The Morgan fingerprint density at radius 1 is 0.970 bits per heavy atom. The Labute approximate surface area is 207 Å². The highest BCUT2D eigenvalue weighted by atomic mass is 35.5. The summed E-state index contributed by atoms with van der Waals surface area (Å²) in [5, 5.41) is 3.88. The highest BCUT2D eigenvalue weighted by Gasteiger charge is 2.30. The molecule has 2 aromatic rings. The van der Waals surface area contributed by atoms with Crippen LogP contribution in [0.3, 0.4) is 0 Å². The summed E-state index contributed by atoms with van der Waals surface area (Å²) in [6.07, 6.45) is 1.24. The van der Waals surface area contributed by atoms with Crippen molar-refractivity contribution in [1.29, 1.82) is 0 Å². The van der Waals surface area contributed by atoms with E-state index in [2.05, 4.69) is 19.2 Å². The van der Waals surface area contributed by atoms with Crippen molar-refractivity contribution < 1.29 is 14.3 Å². The van der Waals surface area contributed by atoms with Gasteiger partial charge >= 0.3 is 0 Å². The lowest BCUT2D eigenvalue weighted by Crippen LogP contribution is -2.51. The molecule has 0 aromatic heterocycles. The van der Waals surface area contributed by atoms with Gasteiger partial charge in [-0.05, 0) is 55.5 Å². The molecule has 7 heteroatoms. The maximum Gasteiger partial charge on any atom is 0.261 e. The van der Waals surface area contributed by atoms with Crippen molar-refractivity contribution in [3.63, 3.8) is 0 Å². The number of nitrogens with one attached hydrogen (secondary N) is 1. The van der Waals surface area contributed by atoms with Gasteiger partial charge in [0.15, 0.2) is 6.61 Å². The Bertz CT molecular complexity index is 911. The first-order valence-corrected chi connectivity index (χ1v) is 12.2. The van der Waals surface area contributed by atoms with Crippen molar-refractivity contribution in [1.82, 2.24) is 10.2 Å². The summed E-state index contributed by atoms with van der Waals surface area (Å²) in [6.45, 7) is 9.96. The van der Waals surface area contributed by atoms with E-state index in [9.17, 15) is 9.59 Å². The fraction of sp³-hybridized carbons (Fsp3) is 0.462. The van der Waals surface area contributed by atoms with Gasteiger partial charge in [0.05, 0.1) is 0 Å². The molecule has 0 spiro atoms. The zero-order valence-electron chi connectivity index (χ0n) is 20.0. The summed E-state index contributed by atoms with van der Waals surface area (Å²) in [5.41, 5.74) is 1.79. The number of benzene rings is 2. The quantitative estimate of drug-likeness (QED) is 0.405. The van der Waals surface area contributed by atoms with Crippen LogP contribution in [0.5, 0.6) is 5.75 Å². The zero-order valence-corrected chi connectivity index (χ0v) is 21.5. The number of nitrogens with zero attached hydrogens (tertiary/aromatic N) is 1. The van der Waals surface area contributed by atoms with Crippen LogP contribution in [0.4, 0.5) is 0 Å². The molecule has 0 aliphatic carbocycles. The van der Waals surface area contributed by atoms with Crippen molar-refractivity contribution in [3.05, 3.63) is 63.6 Å². The molecule has 180 valence electrons. The molecule has 0 bridgehead atoms. The van der Waals surface area contributed by atoms with Crippen LogP contribution >= 0.6 is 23.2 Å². The van der Waals surface area contributed by atoms with Crippen LogP contribution in [-0.2, 0) is 16.1 Å². The molecule has 0 radical (unpaired) electrons. The smallest absolute Gasteiger partial charge is 0.261 e. The Morgan fingerprint density at radius 2 is 1.58 bits per heavy atom. The largest absolute Gasteiger partial charge is 0.484 e. The number of carbonyl (C=O) groups excluding carboxylic acids is 2. The van der Waals surface area contributed by atoms with Crippen molar-refractivity contribution in [2.75, 3.05) is 6.61 Å². The van der Waals surface area contributed by atoms with Crippen LogP contribution in [-0.4, -0.2) is 35.4 Å². The second-order valence-corrected chi connectivity index (χ2v) is 9.29. The van der Waals surface area contributed by atoms with Crippen molar-refractivity contribution in [3.8, 4) is 5.75 Å². The number of hydrogen-bond donors (Lipinski definition) is 1. The average Bonchev–Trinajstić information content (AvgIpc) is 2.79. The summed E-state index contributed by atoms with van der Waals surface area (Å²) in [6, 6.07) is 12.2. The van der Waals surface area contributed by atoms with E-state index in [0.717, 1.165) is 6.42 Å². The third-order valence-electron chi connectivity index (χ3n) is 5.69. The van der Waals surface area contributed by atoms with Crippen LogP contribution in [0.25, 0.3) is 0 Å². The molecule has 2 amide bonds. The third kappa shape index (κ3) is 7.65. The van der Waals surface area contributed by atoms with E-state index < -0.39 is 6.04 Å². The van der Waals surface area contributed by atoms with Gasteiger partial charge in [-0.1, -0.05) is 69.1 Å². The SMILES string of the molecule is CC[C@@H](C)NC(=O)[C@@H](CC)N(Cc1c(Cl)cccc1Cl)C(=O)COc1ccc(C(C)C)cc1. The molecule has 0 unspecified atom stereocenters. The molecule has 0 aliphatic rings. The van der Waals surface area contributed by atoms with Crippen LogP contribution in [0, 0.1) is 0 Å². The first kappa shape index (κ1) is 27.0. The monoisotopic (exact) mass is 492 g/mol. The number of halogens is 2. The number of hydrogen-bond acceptors (Lipinski definition) is 3. The van der Waals surface area contributed by atoms with Gasteiger partial charge in [0.25, 0.3) is 5.91 Å². The van der Waals surface area contributed by atoms with Gasteiger partial charge in [-0.25, -0.2) is 0 Å². The minimum atomic E-state index is -0.675. The van der Waals surface area contributed by atoms with Crippen molar-refractivity contribution in [2.24, 2.45) is 0 Å². The van der Waals surface area contributed by atoms with E-state index in [1.807, 2.05) is 45.0 Å². The van der Waals surface area contributed by atoms with Gasteiger partial charge in [0, 0.05) is 28.2 Å². The van der Waals surface area contributed by atoms with E-state index in [-0.39, 0.29) is 31.0 Å². The van der Waals surface area contributed by atoms with E-state index in [1.54, 1.807) is 18.2 Å². The van der Waals surface area contributed by atoms with Gasteiger partial charge in [-0.15, -0.1) is 0 Å². The predicted molar refractivity (Wildman–Crippen MR) is 135 cm³/mol. The molecule has 0 saturated heterocycles. The Balaban J connectivity index is 2.26. The van der Waals surface area contributed by atoms with E-state index in [4.69, 9.17) is 27.9 Å². The van der Waals surface area contributed by atoms with Crippen LogP contribution in [0.15, 0.2) is 42.5 Å². The molecule has 33 heavy (non-hydrogen) atoms. The van der Waals surface area contributed by atoms with Crippen LogP contribution < -0.4 is 10.1 Å². The number of carbonyl (C=O) groups is 2. The first-order chi connectivity index (χ1) is 15.7. The maximum absolute atomic E-state index is 13.3. The number of rotatable bonds is 11. The molecule has 2 rings (SSSR count). The van der Waals surface area contributed by atoms with Gasteiger partial charge in [0.2, 0.25) is 5.91 Å². The van der Waals surface area contributed by atoms with E-state index in [1.165, 1.54) is 10.5 Å². The summed E-state index contributed by atoms with van der Waals surface area (Å²) in [4.78, 5) is 27.8. The fourth-order valence-corrected chi connectivity index (χ4v) is 3.91. The lowest BCUT2D eigenvalue weighted by molar-refractivity contribution is -0.143. The maximum atomic E-state index is 13.3. The van der Waals surface area contributed by atoms with Gasteiger partial charge in [-0.2, -0.15) is 0 Å². The highest BCUT2D eigenvalue weighted by Crippen LogP contribution is 2.27. The fourth-order valence-electron chi connectivity index (χ4n) is 3.39. The Morgan fingerprint density at radius 3 is 2.09 bits per heavy atom. The molecule has 0 saturated carbocycles. The highest BCUT2D eigenvalue weighted by molar-refractivity contribution is 6.36. The lowest BCUT2D eigenvalue weighted by atomic mass is 10.0. The topological polar surface area (TPSA) is 58.6 Å². The minimum absolute atomic E-state index is 0.00289. The molecule has 5 nitrogen and oxygen atoms in total. The molecule has 0 fully saturated rings. The van der Waals surface area contributed by atoms with Crippen molar-refractivity contribution >= 4 is 35.0 Å². The molecule has 1 N–H and O–H groups in total. The van der Waals surface area contributed by atoms with E-state index in [0.29, 0.717) is 33.7 Å². The lowest BCUT2D eigenvalue weighted by Gasteiger charge is -2.32. The standard InChI is InChI=1S/C26H34Cl2N2O3/c1-6-18(5)29-26(32)24(7-2)30(15-21-22(27)9-8-10-23(21)28)25(31)16-33-20-13-11-19(12-14-20)17(3)4/h8-14,17-18,24H,6-7,15-16H2,1-5H3,(H,29,32)/t18-,24-/m1/s1. The zero-order chi connectivity index (χ0) is 24.5. The minimum Gasteiger partial charge on any atom is -0.484 e. The molecular weight excluding hydrogens is 459 g/mol. The summed E-state index contributed by atoms with van der Waals surface area (Å²) in [7, 11) is 0. The van der Waals surface area contributed by atoms with Crippen molar-refractivity contribution in [2.45, 2.75) is 72.0 Å². The summed E-state index contributed by atoms with van der Waals surface area (Å²) < 4.78 is 5.77. The molecule has 0 aliphatic heterocycles. The summed E-state index contributed by atoms with van der Waals surface area (Å²) >= 11 is 12.7. The Hall–Kier alpha value is -2.24. The molecule has 2 aromatic carbocycles. The normalized spacial score (nSPS) is 12.8. The van der Waals surface area contributed by atoms with Gasteiger partial charge in [-0.3, -0.25) is 9.59 Å².